The molecule has 136 valence electrons. The lowest BCUT2D eigenvalue weighted by molar-refractivity contribution is -0.152. The minimum Gasteiger partial charge on any atom is -0.467 e. The Hall–Kier alpha value is -1.10. The van der Waals surface area contributed by atoms with E-state index in [-0.39, 0.29) is 23.8 Å². The van der Waals surface area contributed by atoms with Crippen molar-refractivity contribution in [3.05, 3.63) is 0 Å². The fraction of sp³-hybridized carbons (Fsp3) is 0.895. The van der Waals surface area contributed by atoms with Crippen molar-refractivity contribution in [3.63, 3.8) is 0 Å². The highest BCUT2D eigenvalue weighted by Gasteiger charge is 2.45. The van der Waals surface area contributed by atoms with Crippen molar-refractivity contribution in [2.45, 2.75) is 82.2 Å². The van der Waals surface area contributed by atoms with Gasteiger partial charge in [-0.2, -0.15) is 0 Å². The summed E-state index contributed by atoms with van der Waals surface area (Å²) in [5, 5.41) is 3.14. The predicted octanol–water partition coefficient (Wildman–Crippen LogP) is 2.52. The molecule has 0 aromatic carbocycles. The molecule has 3 aliphatic rings. The van der Waals surface area contributed by atoms with Crippen molar-refractivity contribution in [3.8, 4) is 0 Å². The maximum atomic E-state index is 13.0. The van der Waals surface area contributed by atoms with Gasteiger partial charge in [-0.3, -0.25) is 4.79 Å². The Bertz CT molecular complexity index is 457. The normalized spacial score (nSPS) is 35.6. The van der Waals surface area contributed by atoms with Gasteiger partial charge in [0.1, 0.15) is 5.54 Å². The minimum atomic E-state index is -0.809. The molecule has 0 aromatic heterocycles. The van der Waals surface area contributed by atoms with Gasteiger partial charge in [-0.1, -0.05) is 32.1 Å². The van der Waals surface area contributed by atoms with Gasteiger partial charge in [0, 0.05) is 12.0 Å². The summed E-state index contributed by atoms with van der Waals surface area (Å²) in [6, 6.07) is 0.259. The van der Waals surface area contributed by atoms with Crippen molar-refractivity contribution >= 4 is 11.9 Å². The van der Waals surface area contributed by atoms with E-state index in [0.717, 1.165) is 51.4 Å². The topological polar surface area (TPSA) is 81.4 Å². The van der Waals surface area contributed by atoms with Gasteiger partial charge in [0.2, 0.25) is 5.91 Å². The monoisotopic (exact) mass is 336 g/mol. The molecule has 0 spiro atoms. The van der Waals surface area contributed by atoms with Crippen LogP contribution in [-0.4, -0.2) is 30.6 Å². The van der Waals surface area contributed by atoms with Crippen LogP contribution >= 0.6 is 0 Å². The SMILES string of the molecule is COC(=O)C1(NC(=O)C2CC3CCCC(C2)C3N)CCCCCC1. The maximum Gasteiger partial charge on any atom is 0.331 e. The number of rotatable bonds is 3. The highest BCUT2D eigenvalue weighted by atomic mass is 16.5. The lowest BCUT2D eigenvalue weighted by atomic mass is 9.65. The molecule has 2 bridgehead atoms. The van der Waals surface area contributed by atoms with E-state index in [4.69, 9.17) is 10.5 Å². The summed E-state index contributed by atoms with van der Waals surface area (Å²) in [5.74, 6) is 0.717. The van der Waals surface area contributed by atoms with Crippen LogP contribution in [0.2, 0.25) is 0 Å². The van der Waals surface area contributed by atoms with Crippen LogP contribution in [0, 0.1) is 17.8 Å². The number of esters is 1. The molecule has 2 atom stereocenters. The average molecular weight is 336 g/mol. The number of nitrogens with two attached hydrogens (primary N) is 1. The maximum absolute atomic E-state index is 13.0. The van der Waals surface area contributed by atoms with E-state index in [1.807, 2.05) is 0 Å². The van der Waals surface area contributed by atoms with Gasteiger partial charge < -0.3 is 15.8 Å². The minimum absolute atomic E-state index is 0.00452. The van der Waals surface area contributed by atoms with E-state index in [0.29, 0.717) is 24.7 Å². The largest absolute Gasteiger partial charge is 0.467 e. The molecule has 5 heteroatoms. The second-order valence-corrected chi connectivity index (χ2v) is 8.17. The quantitative estimate of drug-likeness (QED) is 0.613. The van der Waals surface area contributed by atoms with Gasteiger partial charge >= 0.3 is 5.97 Å². The van der Waals surface area contributed by atoms with E-state index >= 15 is 0 Å². The Balaban J connectivity index is 1.70. The fourth-order valence-electron chi connectivity index (χ4n) is 5.25. The molecule has 3 N–H and O–H groups in total. The number of nitrogens with one attached hydrogen (secondary N) is 1. The Morgan fingerprint density at radius 2 is 1.58 bits per heavy atom. The van der Waals surface area contributed by atoms with Crippen LogP contribution in [0.5, 0.6) is 0 Å². The first kappa shape index (κ1) is 17.7. The van der Waals surface area contributed by atoms with Crippen LogP contribution in [0.15, 0.2) is 0 Å². The van der Waals surface area contributed by atoms with Crippen LogP contribution in [-0.2, 0) is 14.3 Å². The number of carbonyl (C=O) groups excluding carboxylic acids is 2. The number of ether oxygens (including phenoxy) is 1. The number of methoxy groups -OCH3 is 1. The highest BCUT2D eigenvalue weighted by Crippen LogP contribution is 2.42. The number of fused-ring (bicyclic) bond motifs is 2. The van der Waals surface area contributed by atoms with Crippen LogP contribution in [0.25, 0.3) is 0 Å². The van der Waals surface area contributed by atoms with Crippen molar-refractivity contribution in [2.24, 2.45) is 23.5 Å². The molecule has 3 aliphatic carbocycles. The second-order valence-electron chi connectivity index (χ2n) is 8.17. The first-order chi connectivity index (χ1) is 11.6. The Morgan fingerprint density at radius 3 is 2.12 bits per heavy atom. The molecule has 0 heterocycles. The first-order valence-electron chi connectivity index (χ1n) is 9.72. The zero-order valence-electron chi connectivity index (χ0n) is 14.9. The fourth-order valence-corrected chi connectivity index (χ4v) is 5.25. The zero-order chi connectivity index (χ0) is 17.2. The van der Waals surface area contributed by atoms with Gasteiger partial charge in [-0.25, -0.2) is 4.79 Å². The number of hydrogen-bond acceptors (Lipinski definition) is 4. The molecule has 3 fully saturated rings. The van der Waals surface area contributed by atoms with Crippen molar-refractivity contribution < 1.29 is 14.3 Å². The first-order valence-corrected chi connectivity index (χ1v) is 9.72. The molecule has 0 saturated heterocycles. The number of amides is 1. The molecule has 1 amide bonds. The molecule has 0 radical (unpaired) electrons. The number of hydrogen-bond donors (Lipinski definition) is 2. The van der Waals surface area contributed by atoms with Crippen LogP contribution in [0.1, 0.15) is 70.6 Å². The summed E-state index contributed by atoms with van der Waals surface area (Å²) in [6.45, 7) is 0. The lowest BCUT2D eigenvalue weighted by Gasteiger charge is -2.44. The van der Waals surface area contributed by atoms with Crippen molar-refractivity contribution in [1.82, 2.24) is 5.32 Å². The number of carbonyl (C=O) groups is 2. The van der Waals surface area contributed by atoms with E-state index in [1.54, 1.807) is 0 Å². The molecule has 24 heavy (non-hydrogen) atoms. The average Bonchev–Trinajstić information content (AvgIpc) is 2.80. The molecule has 3 rings (SSSR count). The molecule has 2 unspecified atom stereocenters. The van der Waals surface area contributed by atoms with E-state index in [9.17, 15) is 9.59 Å². The summed E-state index contributed by atoms with van der Waals surface area (Å²) in [4.78, 5) is 25.4. The second kappa shape index (κ2) is 7.42. The summed E-state index contributed by atoms with van der Waals surface area (Å²) < 4.78 is 5.05. The Labute approximate surface area is 145 Å². The summed E-state index contributed by atoms with van der Waals surface area (Å²) >= 11 is 0. The standard InChI is InChI=1S/C19H32N2O3/c1-24-18(23)19(9-4-2-3-5-10-19)21-17(22)15-11-13-7-6-8-14(12-15)16(13)20/h13-16H,2-12,20H2,1H3,(H,21,22). The molecule has 5 nitrogen and oxygen atoms in total. The third-order valence-corrected chi connectivity index (χ3v) is 6.68. The van der Waals surface area contributed by atoms with Crippen LogP contribution < -0.4 is 11.1 Å². The zero-order valence-corrected chi connectivity index (χ0v) is 14.9. The highest BCUT2D eigenvalue weighted by molar-refractivity contribution is 5.89. The van der Waals surface area contributed by atoms with E-state index in [1.165, 1.54) is 13.5 Å². The summed E-state index contributed by atoms with van der Waals surface area (Å²) in [6.07, 6.45) is 10.9. The molecular weight excluding hydrogens is 304 g/mol. The van der Waals surface area contributed by atoms with Gasteiger partial charge in [0.25, 0.3) is 0 Å². The van der Waals surface area contributed by atoms with Crippen LogP contribution in [0.3, 0.4) is 0 Å². The molecule has 0 aromatic rings. The van der Waals surface area contributed by atoms with Crippen LogP contribution in [0.4, 0.5) is 0 Å². The van der Waals surface area contributed by atoms with E-state index < -0.39 is 5.54 Å². The summed E-state index contributed by atoms with van der Waals surface area (Å²) in [5.41, 5.74) is 5.53. The van der Waals surface area contributed by atoms with Crippen molar-refractivity contribution in [1.29, 1.82) is 0 Å². The van der Waals surface area contributed by atoms with Gasteiger partial charge in [0.15, 0.2) is 0 Å². The third kappa shape index (κ3) is 3.46. The van der Waals surface area contributed by atoms with E-state index in [2.05, 4.69) is 5.32 Å². The molecule has 3 saturated carbocycles. The summed E-state index contributed by atoms with van der Waals surface area (Å²) in [7, 11) is 1.42. The van der Waals surface area contributed by atoms with Gasteiger partial charge in [-0.15, -0.1) is 0 Å². The van der Waals surface area contributed by atoms with Gasteiger partial charge in [-0.05, 0) is 50.4 Å². The lowest BCUT2D eigenvalue weighted by Crippen LogP contribution is -2.58. The third-order valence-electron chi connectivity index (χ3n) is 6.68. The molecule has 0 aliphatic heterocycles. The Morgan fingerprint density at radius 1 is 1.00 bits per heavy atom. The molecular formula is C19H32N2O3. The van der Waals surface area contributed by atoms with Crippen molar-refractivity contribution in [2.75, 3.05) is 7.11 Å². The van der Waals surface area contributed by atoms with Gasteiger partial charge in [0.05, 0.1) is 7.11 Å². The predicted molar refractivity (Wildman–Crippen MR) is 92.1 cm³/mol. The Kier molecular flexibility index (Phi) is 5.48. The smallest absolute Gasteiger partial charge is 0.331 e.